The van der Waals surface area contributed by atoms with Gasteiger partial charge >= 0.3 is 0 Å². The summed E-state index contributed by atoms with van der Waals surface area (Å²) < 4.78 is 1.97. The lowest BCUT2D eigenvalue weighted by molar-refractivity contribution is -0.133. The van der Waals surface area contributed by atoms with E-state index in [1.54, 1.807) is 30.3 Å². The van der Waals surface area contributed by atoms with E-state index < -0.39 is 11.1 Å². The zero-order valence-electron chi connectivity index (χ0n) is 22.0. The summed E-state index contributed by atoms with van der Waals surface area (Å²) in [5.41, 5.74) is 3.20. The Balaban J connectivity index is 1.41. The maximum atomic E-state index is 13.2. The SMILES string of the molecule is CCc1cccc2c(/C=C3\SC(=O)N(CC(=O)c4ccc(Cl)cc4)C3=O)cn(CC(=O)N3CCC(C)CC3)c12. The minimum atomic E-state index is -0.502. The number of halogens is 1. The largest absolute Gasteiger partial charge is 0.341 e. The van der Waals surface area contributed by atoms with E-state index in [1.165, 1.54) is 0 Å². The molecular formula is C30H30ClN3O4S. The number of fused-ring (bicyclic) bond motifs is 1. The first kappa shape index (κ1) is 27.2. The summed E-state index contributed by atoms with van der Waals surface area (Å²) in [6, 6.07) is 12.3. The van der Waals surface area contributed by atoms with Crippen LogP contribution < -0.4 is 0 Å². The first-order chi connectivity index (χ1) is 18.7. The smallest absolute Gasteiger partial charge is 0.293 e. The first-order valence-electron chi connectivity index (χ1n) is 13.2. The van der Waals surface area contributed by atoms with Crippen molar-refractivity contribution < 1.29 is 19.2 Å². The van der Waals surface area contributed by atoms with Gasteiger partial charge in [-0.05, 0) is 72.8 Å². The number of imide groups is 1. The van der Waals surface area contributed by atoms with Crippen molar-refractivity contribution in [2.45, 2.75) is 39.7 Å². The molecule has 2 fully saturated rings. The molecule has 0 saturated carbocycles. The summed E-state index contributed by atoms with van der Waals surface area (Å²) in [5, 5.41) is 0.929. The number of Topliss-reactive ketones (excluding diaryl/α,β-unsaturated/α-hetero) is 1. The standard InChI is InChI=1S/C30H30ClN3O4S/c1-3-20-5-4-6-24-22(16-33(28(20)24)18-27(36)32-13-11-19(2)12-14-32)15-26-29(37)34(30(38)39-26)17-25(35)21-7-9-23(31)10-8-21/h4-10,15-16,19H,3,11-14,17-18H2,1-2H3/b26-15-. The third-order valence-corrected chi connectivity index (χ3v) is 8.62. The normalized spacial score (nSPS) is 17.6. The molecule has 0 bridgehead atoms. The zero-order chi connectivity index (χ0) is 27.7. The van der Waals surface area contributed by atoms with Crippen molar-refractivity contribution in [3.63, 3.8) is 0 Å². The van der Waals surface area contributed by atoms with Gasteiger partial charge in [0, 0.05) is 40.8 Å². The van der Waals surface area contributed by atoms with Crippen LogP contribution in [0.5, 0.6) is 0 Å². The molecule has 2 aromatic carbocycles. The number of rotatable bonds is 7. The molecule has 9 heteroatoms. The lowest BCUT2D eigenvalue weighted by Gasteiger charge is -2.30. The molecule has 1 aromatic heterocycles. The first-order valence-corrected chi connectivity index (χ1v) is 14.4. The second-order valence-corrected chi connectivity index (χ2v) is 11.6. The third-order valence-electron chi connectivity index (χ3n) is 7.46. The molecule has 0 N–H and O–H groups in total. The highest BCUT2D eigenvalue weighted by Crippen LogP contribution is 2.35. The summed E-state index contributed by atoms with van der Waals surface area (Å²) in [4.78, 5) is 55.0. The van der Waals surface area contributed by atoms with Crippen LogP contribution in [0.4, 0.5) is 4.79 Å². The van der Waals surface area contributed by atoms with Gasteiger partial charge in [-0.25, -0.2) is 0 Å². The van der Waals surface area contributed by atoms with Crippen LogP contribution in [0.2, 0.25) is 5.02 Å². The molecule has 3 amide bonds. The lowest BCUT2D eigenvalue weighted by Crippen LogP contribution is -2.39. The van der Waals surface area contributed by atoms with Gasteiger partial charge < -0.3 is 9.47 Å². The Morgan fingerprint density at radius 1 is 1.05 bits per heavy atom. The van der Waals surface area contributed by atoms with Crippen molar-refractivity contribution >= 4 is 63.2 Å². The Morgan fingerprint density at radius 3 is 2.46 bits per heavy atom. The predicted octanol–water partition coefficient (Wildman–Crippen LogP) is 6.03. The van der Waals surface area contributed by atoms with Gasteiger partial charge in [-0.15, -0.1) is 0 Å². The summed E-state index contributed by atoms with van der Waals surface area (Å²) in [6.07, 6.45) is 6.41. The molecule has 0 aliphatic carbocycles. The van der Waals surface area contributed by atoms with Crippen LogP contribution in [0.15, 0.2) is 53.6 Å². The lowest BCUT2D eigenvalue weighted by atomic mass is 9.99. The van der Waals surface area contributed by atoms with Crippen LogP contribution >= 0.6 is 23.4 Å². The van der Waals surface area contributed by atoms with Crippen molar-refractivity contribution in [2.24, 2.45) is 5.92 Å². The second-order valence-electron chi connectivity index (χ2n) is 10.1. The van der Waals surface area contributed by atoms with Gasteiger partial charge in [-0.2, -0.15) is 0 Å². The molecule has 2 aliphatic rings. The van der Waals surface area contributed by atoms with E-state index in [1.807, 2.05) is 33.9 Å². The number of thioether (sulfide) groups is 1. The number of aryl methyl sites for hydroxylation is 1. The van der Waals surface area contributed by atoms with Gasteiger partial charge in [0.05, 0.1) is 17.0 Å². The van der Waals surface area contributed by atoms with E-state index >= 15 is 0 Å². The predicted molar refractivity (Wildman–Crippen MR) is 155 cm³/mol. The number of benzene rings is 2. The number of hydrogen-bond acceptors (Lipinski definition) is 5. The fourth-order valence-corrected chi connectivity index (χ4v) is 6.10. The van der Waals surface area contributed by atoms with Gasteiger partial charge in [-0.1, -0.05) is 43.6 Å². The van der Waals surface area contributed by atoms with Gasteiger partial charge in [0.25, 0.3) is 11.1 Å². The minimum absolute atomic E-state index is 0.0808. The number of aromatic nitrogens is 1. The minimum Gasteiger partial charge on any atom is -0.341 e. The molecule has 0 spiro atoms. The third kappa shape index (κ3) is 5.68. The monoisotopic (exact) mass is 563 g/mol. The fraction of sp³-hybridized carbons (Fsp3) is 0.333. The van der Waals surface area contributed by atoms with E-state index in [9.17, 15) is 19.2 Å². The quantitative estimate of drug-likeness (QED) is 0.259. The summed E-state index contributed by atoms with van der Waals surface area (Å²) in [5.74, 6) is -0.128. The number of carbonyl (C=O) groups is 4. The molecule has 0 atom stereocenters. The van der Waals surface area contributed by atoms with Crippen molar-refractivity contribution in [1.82, 2.24) is 14.4 Å². The number of nitrogens with zero attached hydrogens (tertiary/aromatic N) is 3. The number of amides is 3. The highest BCUT2D eigenvalue weighted by atomic mass is 35.5. The van der Waals surface area contributed by atoms with E-state index in [4.69, 9.17) is 11.6 Å². The van der Waals surface area contributed by atoms with Crippen molar-refractivity contribution in [3.8, 4) is 0 Å². The Bertz CT molecular complexity index is 1490. The van der Waals surface area contributed by atoms with Crippen LogP contribution in [0.25, 0.3) is 17.0 Å². The fourth-order valence-electron chi connectivity index (χ4n) is 5.14. The summed E-state index contributed by atoms with van der Waals surface area (Å²) >= 11 is 6.72. The average molecular weight is 564 g/mol. The number of hydrogen-bond donors (Lipinski definition) is 0. The van der Waals surface area contributed by atoms with Gasteiger partial charge in [-0.3, -0.25) is 24.1 Å². The summed E-state index contributed by atoms with van der Waals surface area (Å²) in [7, 11) is 0. The Labute approximate surface area is 236 Å². The van der Waals surface area contributed by atoms with E-state index in [0.717, 1.165) is 71.0 Å². The molecule has 3 aromatic rings. The molecule has 0 radical (unpaired) electrons. The zero-order valence-corrected chi connectivity index (χ0v) is 23.6. The Morgan fingerprint density at radius 2 is 1.77 bits per heavy atom. The number of para-hydroxylation sites is 1. The highest BCUT2D eigenvalue weighted by Gasteiger charge is 2.36. The number of likely N-dealkylation sites (tertiary alicyclic amines) is 1. The van der Waals surface area contributed by atoms with Crippen LogP contribution in [0.1, 0.15) is 48.2 Å². The number of piperidine rings is 1. The van der Waals surface area contributed by atoms with Crippen LogP contribution in [-0.4, -0.2) is 56.8 Å². The molecule has 0 unspecified atom stereocenters. The topological polar surface area (TPSA) is 79.7 Å². The van der Waals surface area contributed by atoms with Crippen molar-refractivity contribution in [3.05, 3.63) is 75.3 Å². The molecule has 7 nitrogen and oxygen atoms in total. The van der Waals surface area contributed by atoms with E-state index in [0.29, 0.717) is 16.5 Å². The maximum Gasteiger partial charge on any atom is 0.293 e. The molecule has 202 valence electrons. The highest BCUT2D eigenvalue weighted by molar-refractivity contribution is 8.18. The van der Waals surface area contributed by atoms with Gasteiger partial charge in [0.1, 0.15) is 6.54 Å². The summed E-state index contributed by atoms with van der Waals surface area (Å²) in [6.45, 7) is 5.71. The van der Waals surface area contributed by atoms with Crippen molar-refractivity contribution in [1.29, 1.82) is 0 Å². The Hall–Kier alpha value is -3.36. The van der Waals surface area contributed by atoms with Gasteiger partial charge in [0.2, 0.25) is 5.91 Å². The van der Waals surface area contributed by atoms with E-state index in [-0.39, 0.29) is 29.7 Å². The number of ketones is 1. The molecule has 3 heterocycles. The second kappa shape index (κ2) is 11.4. The van der Waals surface area contributed by atoms with Crippen LogP contribution in [0, 0.1) is 5.92 Å². The number of carbonyl (C=O) groups excluding carboxylic acids is 4. The molecule has 5 rings (SSSR count). The molecule has 39 heavy (non-hydrogen) atoms. The van der Waals surface area contributed by atoms with E-state index in [2.05, 4.69) is 13.8 Å². The average Bonchev–Trinajstić information content (AvgIpc) is 3.40. The maximum absolute atomic E-state index is 13.2. The molecular weight excluding hydrogens is 534 g/mol. The van der Waals surface area contributed by atoms with Crippen LogP contribution in [-0.2, 0) is 22.6 Å². The van der Waals surface area contributed by atoms with Crippen LogP contribution in [0.3, 0.4) is 0 Å². The molecule has 2 saturated heterocycles. The molecule has 2 aliphatic heterocycles. The Kier molecular flexibility index (Phi) is 7.96. The van der Waals surface area contributed by atoms with Gasteiger partial charge in [0.15, 0.2) is 5.78 Å². The van der Waals surface area contributed by atoms with Crippen molar-refractivity contribution in [2.75, 3.05) is 19.6 Å².